The molecule has 3 nitrogen and oxygen atoms in total. The van der Waals surface area contributed by atoms with Crippen molar-refractivity contribution in [1.82, 2.24) is 4.98 Å². The number of anilines is 1. The summed E-state index contributed by atoms with van der Waals surface area (Å²) in [7, 11) is 0. The Morgan fingerprint density at radius 3 is 2.48 bits per heavy atom. The Balaban J connectivity index is 1.82. The highest BCUT2D eigenvalue weighted by Gasteiger charge is 2.09. The minimum Gasteiger partial charge on any atom is -0.430 e. The summed E-state index contributed by atoms with van der Waals surface area (Å²) in [6.07, 6.45) is 0. The van der Waals surface area contributed by atoms with Crippen LogP contribution in [-0.4, -0.2) is 4.98 Å². The molecule has 0 saturated carbocycles. The quantitative estimate of drug-likeness (QED) is 0.539. The lowest BCUT2D eigenvalue weighted by molar-refractivity contribution is 0.486. The summed E-state index contributed by atoms with van der Waals surface area (Å²) in [4.78, 5) is 4.50. The first-order chi connectivity index (χ1) is 10.3. The molecule has 2 N–H and O–H groups in total. The number of para-hydroxylation sites is 1. The number of thiazole rings is 1. The Hall–Kier alpha value is -2.59. The Kier molecular flexibility index (Phi) is 2.75. The molecule has 4 aromatic rings. The number of ether oxygens (including phenoxy) is 1. The number of hydrogen-bond donors (Lipinski definition) is 1. The van der Waals surface area contributed by atoms with Gasteiger partial charge in [0.05, 0.1) is 10.2 Å². The number of nitrogens with zero attached hydrogens (tertiary/aromatic N) is 1. The summed E-state index contributed by atoms with van der Waals surface area (Å²) < 4.78 is 7.10. The van der Waals surface area contributed by atoms with Gasteiger partial charge in [-0.2, -0.15) is 0 Å². The summed E-state index contributed by atoms with van der Waals surface area (Å²) in [6, 6.07) is 19.7. The SMILES string of the molecule is Nc1ccc(Oc2nc3ccccc3s2)c2ccccc12. The van der Waals surface area contributed by atoms with Gasteiger partial charge >= 0.3 is 0 Å². The van der Waals surface area contributed by atoms with Crippen LogP contribution in [0.3, 0.4) is 0 Å². The van der Waals surface area contributed by atoms with Gasteiger partial charge in [0.1, 0.15) is 5.75 Å². The van der Waals surface area contributed by atoms with Crippen LogP contribution < -0.4 is 10.5 Å². The zero-order valence-electron chi connectivity index (χ0n) is 11.1. The third kappa shape index (κ3) is 2.10. The Morgan fingerprint density at radius 2 is 1.62 bits per heavy atom. The van der Waals surface area contributed by atoms with E-state index in [1.807, 2.05) is 60.7 Å². The topological polar surface area (TPSA) is 48.1 Å². The molecule has 0 aliphatic rings. The van der Waals surface area contributed by atoms with Crippen molar-refractivity contribution < 1.29 is 4.74 Å². The van der Waals surface area contributed by atoms with Crippen LogP contribution in [0.15, 0.2) is 60.7 Å². The summed E-state index contributed by atoms with van der Waals surface area (Å²) in [6.45, 7) is 0. The second-order valence-electron chi connectivity index (χ2n) is 4.75. The number of benzene rings is 3. The number of hydrogen-bond acceptors (Lipinski definition) is 4. The molecule has 1 heterocycles. The van der Waals surface area contributed by atoms with Crippen molar-refractivity contribution in [1.29, 1.82) is 0 Å². The second kappa shape index (κ2) is 4.75. The van der Waals surface area contributed by atoms with Gasteiger partial charge in [-0.3, -0.25) is 0 Å². The molecule has 0 saturated heterocycles. The first kappa shape index (κ1) is 12.2. The van der Waals surface area contributed by atoms with Gasteiger partial charge in [0.25, 0.3) is 5.19 Å². The summed E-state index contributed by atoms with van der Waals surface area (Å²) in [5, 5.41) is 2.64. The lowest BCUT2D eigenvalue weighted by Gasteiger charge is -2.08. The van der Waals surface area contributed by atoms with Crippen LogP contribution in [0.2, 0.25) is 0 Å². The number of nitrogens with two attached hydrogens (primary N) is 1. The van der Waals surface area contributed by atoms with Gasteiger partial charge in [-0.25, -0.2) is 4.98 Å². The van der Waals surface area contributed by atoms with Crippen LogP contribution in [0.1, 0.15) is 0 Å². The molecule has 0 spiro atoms. The predicted octanol–water partition coefficient (Wildman–Crippen LogP) is 4.82. The molecule has 4 heteroatoms. The minimum absolute atomic E-state index is 0.645. The molecular formula is C17H12N2OS. The smallest absolute Gasteiger partial charge is 0.279 e. The normalized spacial score (nSPS) is 11.0. The van der Waals surface area contributed by atoms with Gasteiger partial charge < -0.3 is 10.5 Å². The van der Waals surface area contributed by atoms with Crippen molar-refractivity contribution in [3.05, 3.63) is 60.7 Å². The molecule has 0 bridgehead atoms. The van der Waals surface area contributed by atoms with Crippen LogP contribution in [0.25, 0.3) is 21.0 Å². The third-order valence-electron chi connectivity index (χ3n) is 3.39. The van der Waals surface area contributed by atoms with Crippen LogP contribution in [-0.2, 0) is 0 Å². The van der Waals surface area contributed by atoms with Gasteiger partial charge in [0, 0.05) is 16.5 Å². The third-order valence-corrected chi connectivity index (χ3v) is 4.30. The zero-order valence-corrected chi connectivity index (χ0v) is 11.9. The summed E-state index contributed by atoms with van der Waals surface area (Å²) in [5.41, 5.74) is 7.72. The molecule has 0 aliphatic carbocycles. The van der Waals surface area contributed by atoms with E-state index in [9.17, 15) is 0 Å². The van der Waals surface area contributed by atoms with Gasteiger partial charge in [-0.05, 0) is 24.3 Å². The molecule has 0 unspecified atom stereocenters. The molecule has 0 radical (unpaired) electrons. The Labute approximate surface area is 125 Å². The lowest BCUT2D eigenvalue weighted by atomic mass is 10.1. The van der Waals surface area contributed by atoms with Gasteiger partial charge in [0.2, 0.25) is 0 Å². The van der Waals surface area contributed by atoms with E-state index in [-0.39, 0.29) is 0 Å². The largest absolute Gasteiger partial charge is 0.430 e. The lowest BCUT2D eigenvalue weighted by Crippen LogP contribution is -1.90. The average molecular weight is 292 g/mol. The van der Waals surface area contributed by atoms with Crippen molar-refractivity contribution in [2.24, 2.45) is 0 Å². The first-order valence-corrected chi connectivity index (χ1v) is 7.43. The second-order valence-corrected chi connectivity index (χ2v) is 5.74. The van der Waals surface area contributed by atoms with Crippen LogP contribution >= 0.6 is 11.3 Å². The van der Waals surface area contributed by atoms with Crippen molar-refractivity contribution in [3.8, 4) is 10.9 Å². The van der Waals surface area contributed by atoms with Crippen LogP contribution in [0.5, 0.6) is 10.9 Å². The van der Waals surface area contributed by atoms with E-state index >= 15 is 0 Å². The maximum absolute atomic E-state index is 6.01. The number of nitrogen functional groups attached to an aromatic ring is 1. The minimum atomic E-state index is 0.645. The van der Waals surface area contributed by atoms with E-state index in [0.717, 1.165) is 32.4 Å². The Morgan fingerprint density at radius 1 is 0.857 bits per heavy atom. The Bertz CT molecular complexity index is 913. The fourth-order valence-corrected chi connectivity index (χ4v) is 3.20. The molecule has 3 aromatic carbocycles. The monoisotopic (exact) mass is 292 g/mol. The number of aromatic nitrogens is 1. The molecule has 4 rings (SSSR count). The maximum atomic E-state index is 6.01. The molecule has 0 atom stereocenters. The van der Waals surface area contributed by atoms with E-state index < -0.39 is 0 Å². The number of rotatable bonds is 2. The summed E-state index contributed by atoms with van der Waals surface area (Å²) >= 11 is 1.54. The molecular weight excluding hydrogens is 280 g/mol. The first-order valence-electron chi connectivity index (χ1n) is 6.62. The molecule has 102 valence electrons. The van der Waals surface area contributed by atoms with Crippen molar-refractivity contribution >= 4 is 38.0 Å². The van der Waals surface area contributed by atoms with Crippen molar-refractivity contribution in [2.75, 3.05) is 5.73 Å². The van der Waals surface area contributed by atoms with Crippen molar-refractivity contribution in [3.63, 3.8) is 0 Å². The fourth-order valence-electron chi connectivity index (χ4n) is 2.37. The predicted molar refractivity (Wildman–Crippen MR) is 88.1 cm³/mol. The molecule has 21 heavy (non-hydrogen) atoms. The number of fused-ring (bicyclic) bond motifs is 2. The van der Waals surface area contributed by atoms with Crippen LogP contribution in [0, 0.1) is 0 Å². The molecule has 0 amide bonds. The van der Waals surface area contributed by atoms with E-state index in [0.29, 0.717) is 5.19 Å². The van der Waals surface area contributed by atoms with Gasteiger partial charge in [-0.1, -0.05) is 47.7 Å². The highest BCUT2D eigenvalue weighted by molar-refractivity contribution is 7.20. The van der Waals surface area contributed by atoms with Gasteiger partial charge in [-0.15, -0.1) is 0 Å². The van der Waals surface area contributed by atoms with E-state index in [1.54, 1.807) is 11.3 Å². The van der Waals surface area contributed by atoms with E-state index in [1.165, 1.54) is 0 Å². The average Bonchev–Trinajstić information content (AvgIpc) is 2.93. The highest BCUT2D eigenvalue weighted by atomic mass is 32.1. The molecule has 0 aliphatic heterocycles. The van der Waals surface area contributed by atoms with Gasteiger partial charge in [0.15, 0.2) is 0 Å². The van der Waals surface area contributed by atoms with Crippen molar-refractivity contribution in [2.45, 2.75) is 0 Å². The van der Waals surface area contributed by atoms with E-state index in [2.05, 4.69) is 4.98 Å². The zero-order chi connectivity index (χ0) is 14.2. The molecule has 0 fully saturated rings. The molecule has 1 aromatic heterocycles. The maximum Gasteiger partial charge on any atom is 0.279 e. The fraction of sp³-hybridized carbons (Fsp3) is 0. The van der Waals surface area contributed by atoms with Crippen LogP contribution in [0.4, 0.5) is 5.69 Å². The standard InChI is InChI=1S/C17H12N2OS/c18-13-9-10-15(12-6-2-1-5-11(12)13)20-17-19-14-7-3-4-8-16(14)21-17/h1-10H,18H2. The van der Waals surface area contributed by atoms with E-state index in [4.69, 9.17) is 10.5 Å². The highest BCUT2D eigenvalue weighted by Crippen LogP contribution is 2.36. The summed E-state index contributed by atoms with van der Waals surface area (Å²) in [5.74, 6) is 0.777.